The molecule has 0 bridgehead atoms. The molecule has 21 heavy (non-hydrogen) atoms. The van der Waals surface area contributed by atoms with E-state index in [2.05, 4.69) is 5.32 Å². The molecule has 0 fully saturated rings. The largest absolute Gasteiger partial charge is 0.391 e. The maximum Gasteiger partial charge on any atom is 0.316 e. The lowest BCUT2D eigenvalue weighted by molar-refractivity contribution is -0.137. The Kier molecular flexibility index (Phi) is 5.20. The SMILES string of the molecule is CCCC(O)CNC(=O)C(=O)N1CCc2c(Cl)cccc21. The van der Waals surface area contributed by atoms with Crippen LogP contribution in [0.5, 0.6) is 0 Å². The molecular weight excluding hydrogens is 292 g/mol. The fourth-order valence-electron chi connectivity index (χ4n) is 2.45. The van der Waals surface area contributed by atoms with Crippen molar-refractivity contribution in [3.63, 3.8) is 0 Å². The van der Waals surface area contributed by atoms with Crippen molar-refractivity contribution in [2.45, 2.75) is 32.3 Å². The first-order valence-corrected chi connectivity index (χ1v) is 7.47. The van der Waals surface area contributed by atoms with Gasteiger partial charge in [0.15, 0.2) is 0 Å². The van der Waals surface area contributed by atoms with E-state index in [1.54, 1.807) is 18.2 Å². The van der Waals surface area contributed by atoms with Crippen LogP contribution < -0.4 is 10.2 Å². The average Bonchev–Trinajstić information content (AvgIpc) is 2.89. The molecule has 0 aliphatic carbocycles. The Labute approximate surface area is 128 Å². The number of rotatable bonds is 4. The summed E-state index contributed by atoms with van der Waals surface area (Å²) in [6, 6.07) is 5.32. The molecule has 0 saturated heterocycles. The minimum absolute atomic E-state index is 0.0919. The molecular formula is C15H19ClN2O3. The van der Waals surface area contributed by atoms with E-state index in [9.17, 15) is 14.7 Å². The number of aliphatic hydroxyl groups excluding tert-OH is 1. The maximum atomic E-state index is 12.2. The van der Waals surface area contributed by atoms with Gasteiger partial charge in [0.05, 0.1) is 6.10 Å². The van der Waals surface area contributed by atoms with Crippen molar-refractivity contribution in [1.82, 2.24) is 5.32 Å². The molecule has 1 unspecified atom stereocenters. The normalized spacial score (nSPS) is 14.7. The minimum atomic E-state index is -0.696. The second kappa shape index (κ2) is 6.91. The number of nitrogens with one attached hydrogen (secondary N) is 1. The summed E-state index contributed by atoms with van der Waals surface area (Å²) in [5, 5.41) is 12.7. The average molecular weight is 311 g/mol. The smallest absolute Gasteiger partial charge is 0.316 e. The third-order valence-electron chi connectivity index (χ3n) is 3.53. The fraction of sp³-hybridized carbons (Fsp3) is 0.467. The number of amides is 2. The number of nitrogens with zero attached hydrogens (tertiary/aromatic N) is 1. The second-order valence-electron chi connectivity index (χ2n) is 5.10. The maximum absolute atomic E-state index is 12.2. The number of fused-ring (bicyclic) bond motifs is 1. The summed E-state index contributed by atoms with van der Waals surface area (Å²) in [4.78, 5) is 25.5. The Balaban J connectivity index is 1.99. The number of aliphatic hydroxyl groups is 1. The number of halogens is 1. The number of carbonyl (C=O) groups excluding carboxylic acids is 2. The van der Waals surface area contributed by atoms with Gasteiger partial charge in [0.1, 0.15) is 0 Å². The summed E-state index contributed by atoms with van der Waals surface area (Å²) in [5.41, 5.74) is 1.59. The van der Waals surface area contributed by atoms with Crippen LogP contribution in [0.3, 0.4) is 0 Å². The van der Waals surface area contributed by atoms with Gasteiger partial charge in [-0.25, -0.2) is 0 Å². The lowest BCUT2D eigenvalue weighted by atomic mass is 10.2. The standard InChI is InChI=1S/C15H19ClN2O3/c1-2-4-10(19)9-17-14(20)15(21)18-8-7-11-12(16)5-3-6-13(11)18/h3,5-6,10,19H,2,4,7-9H2,1H3,(H,17,20). The molecule has 1 aromatic rings. The van der Waals surface area contributed by atoms with Crippen LogP contribution in [0.2, 0.25) is 5.02 Å². The molecule has 2 rings (SSSR count). The number of carbonyl (C=O) groups is 2. The molecule has 1 aliphatic rings. The molecule has 0 spiro atoms. The van der Waals surface area contributed by atoms with E-state index in [4.69, 9.17) is 11.6 Å². The van der Waals surface area contributed by atoms with Crippen molar-refractivity contribution in [3.05, 3.63) is 28.8 Å². The molecule has 2 N–H and O–H groups in total. The summed E-state index contributed by atoms with van der Waals surface area (Å²) >= 11 is 6.09. The van der Waals surface area contributed by atoms with E-state index >= 15 is 0 Å². The molecule has 1 heterocycles. The van der Waals surface area contributed by atoms with Crippen LogP contribution in [0.4, 0.5) is 5.69 Å². The summed E-state index contributed by atoms with van der Waals surface area (Å²) in [6.07, 6.45) is 1.44. The lowest BCUT2D eigenvalue weighted by Gasteiger charge is -2.17. The molecule has 1 aromatic carbocycles. The van der Waals surface area contributed by atoms with Gasteiger partial charge in [-0.2, -0.15) is 0 Å². The predicted molar refractivity (Wildman–Crippen MR) is 81.4 cm³/mol. The molecule has 2 amide bonds. The van der Waals surface area contributed by atoms with Crippen LogP contribution in [-0.4, -0.2) is 36.1 Å². The molecule has 0 radical (unpaired) electrons. The van der Waals surface area contributed by atoms with Crippen LogP contribution in [0.1, 0.15) is 25.3 Å². The highest BCUT2D eigenvalue weighted by Gasteiger charge is 2.30. The van der Waals surface area contributed by atoms with Gasteiger partial charge in [-0.15, -0.1) is 0 Å². The molecule has 0 aromatic heterocycles. The zero-order valence-electron chi connectivity index (χ0n) is 11.9. The van der Waals surface area contributed by atoms with Crippen molar-refractivity contribution in [3.8, 4) is 0 Å². The van der Waals surface area contributed by atoms with Crippen molar-refractivity contribution < 1.29 is 14.7 Å². The Morgan fingerprint density at radius 3 is 2.95 bits per heavy atom. The van der Waals surface area contributed by atoms with Crippen molar-refractivity contribution in [2.75, 3.05) is 18.0 Å². The first kappa shape index (κ1) is 15.8. The van der Waals surface area contributed by atoms with Crippen LogP contribution in [0.25, 0.3) is 0 Å². The van der Waals surface area contributed by atoms with E-state index in [1.807, 2.05) is 6.92 Å². The van der Waals surface area contributed by atoms with Gasteiger partial charge in [0.25, 0.3) is 0 Å². The van der Waals surface area contributed by atoms with Crippen molar-refractivity contribution in [1.29, 1.82) is 0 Å². The first-order valence-electron chi connectivity index (χ1n) is 7.09. The van der Waals surface area contributed by atoms with E-state index < -0.39 is 17.9 Å². The summed E-state index contributed by atoms with van der Waals surface area (Å²) in [7, 11) is 0. The molecule has 5 nitrogen and oxygen atoms in total. The third-order valence-corrected chi connectivity index (χ3v) is 3.88. The Hall–Kier alpha value is -1.59. The molecule has 1 atom stereocenters. The zero-order chi connectivity index (χ0) is 15.4. The van der Waals surface area contributed by atoms with Gasteiger partial charge < -0.3 is 15.3 Å². The van der Waals surface area contributed by atoms with E-state index in [0.717, 1.165) is 12.0 Å². The first-order chi connectivity index (χ1) is 10.0. The third kappa shape index (κ3) is 3.54. The van der Waals surface area contributed by atoms with Crippen LogP contribution >= 0.6 is 11.6 Å². The highest BCUT2D eigenvalue weighted by molar-refractivity contribution is 6.41. The van der Waals surface area contributed by atoms with E-state index in [0.29, 0.717) is 30.1 Å². The van der Waals surface area contributed by atoms with Gasteiger partial charge in [-0.1, -0.05) is 31.0 Å². The molecule has 1 aliphatic heterocycles. The highest BCUT2D eigenvalue weighted by Crippen LogP contribution is 2.33. The summed E-state index contributed by atoms with van der Waals surface area (Å²) in [5.74, 6) is -1.31. The lowest BCUT2D eigenvalue weighted by Crippen LogP contribution is -2.44. The van der Waals surface area contributed by atoms with Crippen LogP contribution in [0.15, 0.2) is 18.2 Å². The quantitative estimate of drug-likeness (QED) is 0.828. The van der Waals surface area contributed by atoms with Crippen molar-refractivity contribution >= 4 is 29.1 Å². The van der Waals surface area contributed by atoms with Gasteiger partial charge in [0.2, 0.25) is 0 Å². The predicted octanol–water partition coefficient (Wildman–Crippen LogP) is 1.51. The Morgan fingerprint density at radius 1 is 1.48 bits per heavy atom. The van der Waals surface area contributed by atoms with Gasteiger partial charge in [-0.05, 0) is 30.5 Å². The molecule has 6 heteroatoms. The van der Waals surface area contributed by atoms with E-state index in [1.165, 1.54) is 4.90 Å². The highest BCUT2D eigenvalue weighted by atomic mass is 35.5. The van der Waals surface area contributed by atoms with Crippen molar-refractivity contribution in [2.24, 2.45) is 0 Å². The van der Waals surface area contributed by atoms with Gasteiger partial charge in [-0.3, -0.25) is 9.59 Å². The van der Waals surface area contributed by atoms with Crippen LogP contribution in [0, 0.1) is 0 Å². The van der Waals surface area contributed by atoms with Crippen LogP contribution in [-0.2, 0) is 16.0 Å². The Morgan fingerprint density at radius 2 is 2.24 bits per heavy atom. The minimum Gasteiger partial charge on any atom is -0.391 e. The summed E-state index contributed by atoms with van der Waals surface area (Å²) in [6.45, 7) is 2.48. The zero-order valence-corrected chi connectivity index (χ0v) is 12.7. The summed E-state index contributed by atoms with van der Waals surface area (Å²) < 4.78 is 0. The fourth-order valence-corrected chi connectivity index (χ4v) is 2.71. The Bertz CT molecular complexity index is 548. The van der Waals surface area contributed by atoms with Gasteiger partial charge in [0, 0.05) is 23.8 Å². The van der Waals surface area contributed by atoms with Gasteiger partial charge >= 0.3 is 11.8 Å². The monoisotopic (exact) mass is 310 g/mol. The topological polar surface area (TPSA) is 69.6 Å². The molecule has 0 saturated carbocycles. The number of anilines is 1. The number of hydrogen-bond donors (Lipinski definition) is 2. The number of hydrogen-bond acceptors (Lipinski definition) is 3. The number of benzene rings is 1. The second-order valence-corrected chi connectivity index (χ2v) is 5.50. The molecule has 114 valence electrons. The van der Waals surface area contributed by atoms with E-state index in [-0.39, 0.29) is 6.54 Å².